The van der Waals surface area contributed by atoms with Crippen molar-refractivity contribution in [2.75, 3.05) is 31.2 Å². The normalized spacial score (nSPS) is 23.1. The number of hydrogen-bond acceptors (Lipinski definition) is 4. The van der Waals surface area contributed by atoms with E-state index in [1.807, 2.05) is 24.3 Å². The van der Waals surface area contributed by atoms with E-state index in [2.05, 4.69) is 45.4 Å². The Hall–Kier alpha value is -2.24. The van der Waals surface area contributed by atoms with Gasteiger partial charge in [0.15, 0.2) is 0 Å². The van der Waals surface area contributed by atoms with Crippen molar-refractivity contribution in [2.45, 2.75) is 37.3 Å². The predicted molar refractivity (Wildman–Crippen MR) is 117 cm³/mol. The van der Waals surface area contributed by atoms with Crippen molar-refractivity contribution < 1.29 is 9.53 Å². The number of ether oxygens (including phenoxy) is 1. The van der Waals surface area contributed by atoms with Gasteiger partial charge in [-0.15, -0.1) is 12.4 Å². The van der Waals surface area contributed by atoms with Crippen molar-refractivity contribution in [3.8, 4) is 5.75 Å². The molecule has 0 aromatic heterocycles. The first-order valence-corrected chi connectivity index (χ1v) is 10.3. The molecule has 1 amide bonds. The number of aryl methyl sites for hydroxylation is 1. The first-order chi connectivity index (χ1) is 13.7. The zero-order chi connectivity index (χ0) is 19.0. The summed E-state index contributed by atoms with van der Waals surface area (Å²) in [7, 11) is 0. The fourth-order valence-corrected chi connectivity index (χ4v) is 4.93. The van der Waals surface area contributed by atoms with Gasteiger partial charge in [0.05, 0.1) is 6.67 Å². The molecule has 3 aliphatic heterocycles. The van der Waals surface area contributed by atoms with Crippen molar-refractivity contribution in [1.29, 1.82) is 0 Å². The standard InChI is InChI=1S/C23H27N3O2.ClH/c27-22-23(26(17-24-22)19-7-2-1-3-8-19)12-14-25(15-13-23)16-20-11-10-18-6-4-5-9-21(18)28-20;/h1-9,20H,10-17H2,(H,24,27);1H. The van der Waals surface area contributed by atoms with Crippen molar-refractivity contribution in [3.63, 3.8) is 0 Å². The second kappa shape index (κ2) is 8.25. The summed E-state index contributed by atoms with van der Waals surface area (Å²) in [5.74, 6) is 1.22. The molecular formula is C23H28ClN3O2. The molecule has 29 heavy (non-hydrogen) atoms. The van der Waals surface area contributed by atoms with Crippen LogP contribution in [0.5, 0.6) is 5.75 Å². The number of likely N-dealkylation sites (tertiary alicyclic amines) is 1. The topological polar surface area (TPSA) is 44.8 Å². The quantitative estimate of drug-likeness (QED) is 0.839. The van der Waals surface area contributed by atoms with Gasteiger partial charge in [0.1, 0.15) is 17.4 Å². The van der Waals surface area contributed by atoms with Crippen LogP contribution in [0.4, 0.5) is 5.69 Å². The fourth-order valence-electron chi connectivity index (χ4n) is 4.93. The minimum atomic E-state index is -0.405. The smallest absolute Gasteiger partial charge is 0.247 e. The van der Waals surface area contributed by atoms with Gasteiger partial charge in [0.25, 0.3) is 0 Å². The molecule has 2 saturated heterocycles. The molecule has 1 N–H and O–H groups in total. The number of carbonyl (C=O) groups excluding carboxylic acids is 1. The lowest BCUT2D eigenvalue weighted by Crippen LogP contribution is -2.57. The number of fused-ring (bicyclic) bond motifs is 1. The van der Waals surface area contributed by atoms with Gasteiger partial charge in [0.2, 0.25) is 5.91 Å². The number of benzene rings is 2. The summed E-state index contributed by atoms with van der Waals surface area (Å²) in [6, 6.07) is 18.7. The van der Waals surface area contributed by atoms with Gasteiger partial charge in [0, 0.05) is 25.3 Å². The molecule has 3 aliphatic rings. The number of nitrogens with zero attached hydrogens (tertiary/aromatic N) is 2. The third-order valence-corrected chi connectivity index (χ3v) is 6.55. The van der Waals surface area contributed by atoms with Gasteiger partial charge in [-0.3, -0.25) is 9.69 Å². The van der Waals surface area contributed by atoms with E-state index in [4.69, 9.17) is 4.74 Å². The summed E-state index contributed by atoms with van der Waals surface area (Å²) in [4.78, 5) is 17.5. The van der Waals surface area contributed by atoms with E-state index in [0.717, 1.165) is 56.8 Å². The Balaban J connectivity index is 0.00000205. The Labute approximate surface area is 178 Å². The van der Waals surface area contributed by atoms with Gasteiger partial charge >= 0.3 is 0 Å². The number of anilines is 1. The molecule has 1 spiro atoms. The Morgan fingerprint density at radius 2 is 1.76 bits per heavy atom. The van der Waals surface area contributed by atoms with Crippen molar-refractivity contribution in [1.82, 2.24) is 10.2 Å². The number of piperidine rings is 1. The number of rotatable bonds is 3. The zero-order valence-electron chi connectivity index (χ0n) is 16.5. The minimum absolute atomic E-state index is 0. The third-order valence-electron chi connectivity index (χ3n) is 6.55. The van der Waals surface area contributed by atoms with Crippen LogP contribution in [0.15, 0.2) is 54.6 Å². The van der Waals surface area contributed by atoms with Crippen LogP contribution in [0.2, 0.25) is 0 Å². The molecule has 1 unspecified atom stereocenters. The highest BCUT2D eigenvalue weighted by molar-refractivity contribution is 5.93. The molecule has 5 nitrogen and oxygen atoms in total. The average molecular weight is 414 g/mol. The Kier molecular flexibility index (Phi) is 5.70. The van der Waals surface area contributed by atoms with Crippen LogP contribution in [-0.4, -0.2) is 48.8 Å². The summed E-state index contributed by atoms with van der Waals surface area (Å²) in [6.07, 6.45) is 4.11. The predicted octanol–water partition coefficient (Wildman–Crippen LogP) is 3.23. The average Bonchev–Trinajstić information content (AvgIpc) is 3.06. The maximum absolute atomic E-state index is 12.8. The molecule has 154 valence electrons. The lowest BCUT2D eigenvalue weighted by Gasteiger charge is -2.44. The maximum atomic E-state index is 12.8. The monoisotopic (exact) mass is 413 g/mol. The second-order valence-electron chi connectivity index (χ2n) is 8.15. The highest BCUT2D eigenvalue weighted by atomic mass is 35.5. The van der Waals surface area contributed by atoms with Crippen molar-refractivity contribution in [3.05, 3.63) is 60.2 Å². The summed E-state index contributed by atoms with van der Waals surface area (Å²) in [5, 5.41) is 3.08. The molecule has 5 rings (SSSR count). The third kappa shape index (κ3) is 3.69. The van der Waals surface area contributed by atoms with Crippen LogP contribution in [0.3, 0.4) is 0 Å². The number of halogens is 1. The fraction of sp³-hybridized carbons (Fsp3) is 0.435. The minimum Gasteiger partial charge on any atom is -0.489 e. The molecule has 2 fully saturated rings. The number of amides is 1. The lowest BCUT2D eigenvalue weighted by atomic mass is 9.85. The van der Waals surface area contributed by atoms with Crippen LogP contribution in [0.1, 0.15) is 24.8 Å². The van der Waals surface area contributed by atoms with Gasteiger partial charge in [-0.05, 0) is 49.4 Å². The van der Waals surface area contributed by atoms with E-state index in [0.29, 0.717) is 6.67 Å². The molecule has 3 heterocycles. The molecule has 0 aliphatic carbocycles. The summed E-state index contributed by atoms with van der Waals surface area (Å²) >= 11 is 0. The summed E-state index contributed by atoms with van der Waals surface area (Å²) in [5.41, 5.74) is 2.04. The van der Waals surface area contributed by atoms with Crippen LogP contribution in [-0.2, 0) is 11.2 Å². The number of nitrogens with one attached hydrogen (secondary N) is 1. The Morgan fingerprint density at radius 1 is 1.03 bits per heavy atom. The van der Waals surface area contributed by atoms with Gasteiger partial charge in [-0.25, -0.2) is 0 Å². The lowest BCUT2D eigenvalue weighted by molar-refractivity contribution is -0.125. The SMILES string of the molecule is Cl.O=C1NCN(c2ccccc2)C12CCN(CC1CCc3ccccc3O1)CC2. The molecule has 0 radical (unpaired) electrons. The van der Waals surface area contributed by atoms with E-state index in [-0.39, 0.29) is 24.4 Å². The van der Waals surface area contributed by atoms with Crippen LogP contribution < -0.4 is 15.0 Å². The van der Waals surface area contributed by atoms with Crippen molar-refractivity contribution >= 4 is 24.0 Å². The van der Waals surface area contributed by atoms with E-state index >= 15 is 0 Å². The molecule has 2 aromatic rings. The molecule has 6 heteroatoms. The molecule has 1 atom stereocenters. The Morgan fingerprint density at radius 3 is 2.55 bits per heavy atom. The van der Waals surface area contributed by atoms with E-state index < -0.39 is 5.54 Å². The largest absolute Gasteiger partial charge is 0.489 e. The van der Waals surface area contributed by atoms with Crippen molar-refractivity contribution in [2.24, 2.45) is 0 Å². The molecule has 2 aromatic carbocycles. The van der Waals surface area contributed by atoms with Gasteiger partial charge < -0.3 is 15.0 Å². The van der Waals surface area contributed by atoms with Crippen LogP contribution in [0, 0.1) is 0 Å². The summed E-state index contributed by atoms with van der Waals surface area (Å²) in [6.45, 7) is 3.40. The number of carbonyl (C=O) groups is 1. The summed E-state index contributed by atoms with van der Waals surface area (Å²) < 4.78 is 6.23. The molecular weight excluding hydrogens is 386 g/mol. The number of hydrogen-bond donors (Lipinski definition) is 1. The van der Waals surface area contributed by atoms with Gasteiger partial charge in [-0.1, -0.05) is 36.4 Å². The van der Waals surface area contributed by atoms with Gasteiger partial charge in [-0.2, -0.15) is 0 Å². The Bertz CT molecular complexity index is 852. The zero-order valence-corrected chi connectivity index (χ0v) is 17.4. The van der Waals surface area contributed by atoms with Crippen LogP contribution >= 0.6 is 12.4 Å². The first kappa shape index (κ1) is 20.0. The second-order valence-corrected chi connectivity index (χ2v) is 8.15. The highest BCUT2D eigenvalue weighted by Gasteiger charge is 2.50. The molecule has 0 bridgehead atoms. The first-order valence-electron chi connectivity index (χ1n) is 10.3. The van der Waals surface area contributed by atoms with Crippen LogP contribution in [0.25, 0.3) is 0 Å². The van der Waals surface area contributed by atoms with E-state index in [1.165, 1.54) is 5.56 Å². The highest BCUT2D eigenvalue weighted by Crippen LogP contribution is 2.36. The molecule has 0 saturated carbocycles. The van der Waals surface area contributed by atoms with E-state index in [9.17, 15) is 4.79 Å². The van der Waals surface area contributed by atoms with E-state index in [1.54, 1.807) is 0 Å². The number of para-hydroxylation sites is 2. The maximum Gasteiger partial charge on any atom is 0.247 e.